The summed E-state index contributed by atoms with van der Waals surface area (Å²) in [6, 6.07) is 5.85. The fraction of sp³-hybridized carbons (Fsp3) is 0.357. The van der Waals surface area contributed by atoms with Gasteiger partial charge in [0.15, 0.2) is 15.7 Å². The third-order valence-electron chi connectivity index (χ3n) is 3.52. The van der Waals surface area contributed by atoms with Crippen molar-refractivity contribution in [1.29, 1.82) is 0 Å². The molecule has 2 heterocycles. The molecule has 1 saturated heterocycles. The standard InChI is InChI=1S/C14H15FN4O3S2/c15-11-4-2-1-3-10(11)13-17-14(19-18-13)23-7-12(20)16-9-5-6-24(21,22)8-9/h1-4,9H,5-8H2,(H,16,20)(H,17,18,19). The highest BCUT2D eigenvalue weighted by atomic mass is 32.2. The number of aromatic amines is 1. The molecule has 1 aliphatic heterocycles. The number of carbonyl (C=O) groups excluding carboxylic acids is 1. The van der Waals surface area contributed by atoms with Crippen LogP contribution >= 0.6 is 11.8 Å². The first-order chi connectivity index (χ1) is 11.4. The van der Waals surface area contributed by atoms with E-state index in [0.717, 1.165) is 11.8 Å². The molecule has 1 aromatic heterocycles. The van der Waals surface area contributed by atoms with Crippen LogP contribution in [0.25, 0.3) is 11.4 Å². The first-order valence-electron chi connectivity index (χ1n) is 7.23. The summed E-state index contributed by atoms with van der Waals surface area (Å²) < 4.78 is 36.4. The first-order valence-corrected chi connectivity index (χ1v) is 10.0. The molecule has 2 N–H and O–H groups in total. The van der Waals surface area contributed by atoms with E-state index in [1.54, 1.807) is 18.2 Å². The molecule has 10 heteroatoms. The van der Waals surface area contributed by atoms with E-state index in [1.165, 1.54) is 6.07 Å². The third kappa shape index (κ3) is 4.12. The Morgan fingerprint density at radius 3 is 2.92 bits per heavy atom. The van der Waals surface area contributed by atoms with E-state index in [9.17, 15) is 17.6 Å². The van der Waals surface area contributed by atoms with Gasteiger partial charge >= 0.3 is 0 Å². The lowest BCUT2D eigenvalue weighted by molar-refractivity contribution is -0.119. The molecule has 1 atom stereocenters. The molecule has 1 unspecified atom stereocenters. The summed E-state index contributed by atoms with van der Waals surface area (Å²) in [5.41, 5.74) is 0.303. The highest BCUT2D eigenvalue weighted by Gasteiger charge is 2.28. The van der Waals surface area contributed by atoms with Crippen LogP contribution in [0.2, 0.25) is 0 Å². The Labute approximate surface area is 142 Å². The summed E-state index contributed by atoms with van der Waals surface area (Å²) in [5, 5.41) is 9.59. The van der Waals surface area contributed by atoms with Gasteiger partial charge in [-0.05, 0) is 18.6 Å². The zero-order valence-electron chi connectivity index (χ0n) is 12.5. The molecule has 7 nitrogen and oxygen atoms in total. The van der Waals surface area contributed by atoms with Crippen molar-refractivity contribution in [2.45, 2.75) is 17.6 Å². The highest BCUT2D eigenvalue weighted by Crippen LogP contribution is 2.21. The van der Waals surface area contributed by atoms with Crippen molar-refractivity contribution in [3.8, 4) is 11.4 Å². The number of nitrogens with one attached hydrogen (secondary N) is 2. The van der Waals surface area contributed by atoms with Gasteiger partial charge in [-0.3, -0.25) is 9.89 Å². The first kappa shape index (κ1) is 16.9. The van der Waals surface area contributed by atoms with E-state index < -0.39 is 15.7 Å². The summed E-state index contributed by atoms with van der Waals surface area (Å²) in [4.78, 5) is 16.0. The number of halogens is 1. The number of rotatable bonds is 5. The quantitative estimate of drug-likeness (QED) is 0.761. The van der Waals surface area contributed by atoms with Crippen LogP contribution in [0.4, 0.5) is 4.39 Å². The summed E-state index contributed by atoms with van der Waals surface area (Å²) in [6.07, 6.45) is 0.441. The molecule has 1 aliphatic rings. The Bertz CT molecular complexity index is 853. The van der Waals surface area contributed by atoms with Crippen LogP contribution in [0.5, 0.6) is 0 Å². The molecule has 1 aromatic carbocycles. The lowest BCUT2D eigenvalue weighted by Crippen LogP contribution is -2.36. The summed E-state index contributed by atoms with van der Waals surface area (Å²) in [7, 11) is -3.03. The Morgan fingerprint density at radius 1 is 1.42 bits per heavy atom. The van der Waals surface area contributed by atoms with Gasteiger partial charge in [0.05, 0.1) is 22.8 Å². The molecule has 0 bridgehead atoms. The normalized spacial score (nSPS) is 19.3. The number of thioether (sulfide) groups is 1. The predicted octanol–water partition coefficient (Wildman–Crippen LogP) is 1.01. The fourth-order valence-electron chi connectivity index (χ4n) is 2.39. The van der Waals surface area contributed by atoms with Crippen molar-refractivity contribution in [3.63, 3.8) is 0 Å². The van der Waals surface area contributed by atoms with Crippen molar-refractivity contribution in [1.82, 2.24) is 20.5 Å². The van der Waals surface area contributed by atoms with E-state index in [4.69, 9.17) is 0 Å². The van der Waals surface area contributed by atoms with Crippen LogP contribution in [0, 0.1) is 5.82 Å². The predicted molar refractivity (Wildman–Crippen MR) is 87.7 cm³/mol. The lowest BCUT2D eigenvalue weighted by Gasteiger charge is -2.09. The molecule has 0 radical (unpaired) electrons. The smallest absolute Gasteiger partial charge is 0.230 e. The summed E-state index contributed by atoms with van der Waals surface area (Å²) in [6.45, 7) is 0. The van der Waals surface area contributed by atoms with Gasteiger partial charge in [0.25, 0.3) is 0 Å². The molecule has 0 aliphatic carbocycles. The molecule has 2 aromatic rings. The Kier molecular flexibility index (Phi) is 4.86. The van der Waals surface area contributed by atoms with E-state index in [0.29, 0.717) is 17.1 Å². The average molecular weight is 370 g/mol. The number of hydrogen-bond donors (Lipinski definition) is 2. The molecule has 0 saturated carbocycles. The number of carbonyl (C=O) groups is 1. The Hall–Kier alpha value is -1.94. The van der Waals surface area contributed by atoms with Crippen LogP contribution < -0.4 is 5.32 Å². The van der Waals surface area contributed by atoms with Crippen LogP contribution in [0.15, 0.2) is 29.4 Å². The zero-order chi connectivity index (χ0) is 17.2. The number of hydrogen-bond acceptors (Lipinski definition) is 6. The number of nitrogens with zero attached hydrogens (tertiary/aromatic N) is 2. The average Bonchev–Trinajstić information content (AvgIpc) is 3.12. The molecule has 24 heavy (non-hydrogen) atoms. The second kappa shape index (κ2) is 6.89. The summed E-state index contributed by atoms with van der Waals surface area (Å²) >= 11 is 1.10. The Balaban J connectivity index is 1.54. The minimum Gasteiger partial charge on any atom is -0.352 e. The van der Waals surface area contributed by atoms with E-state index in [2.05, 4.69) is 20.5 Å². The molecule has 1 amide bonds. The van der Waals surface area contributed by atoms with Crippen LogP contribution in [-0.4, -0.2) is 52.8 Å². The van der Waals surface area contributed by atoms with Gasteiger partial charge in [0.1, 0.15) is 5.82 Å². The monoisotopic (exact) mass is 370 g/mol. The van der Waals surface area contributed by atoms with Gasteiger partial charge < -0.3 is 5.32 Å². The minimum absolute atomic E-state index is 0.0124. The maximum Gasteiger partial charge on any atom is 0.230 e. The van der Waals surface area contributed by atoms with Crippen molar-refractivity contribution >= 4 is 27.5 Å². The molecule has 0 spiro atoms. The number of benzene rings is 1. The summed E-state index contributed by atoms with van der Waals surface area (Å²) in [5.74, 6) is -0.243. The van der Waals surface area contributed by atoms with Gasteiger partial charge in [-0.2, -0.15) is 0 Å². The zero-order valence-corrected chi connectivity index (χ0v) is 14.2. The second-order valence-electron chi connectivity index (χ2n) is 5.40. The van der Waals surface area contributed by atoms with Crippen molar-refractivity contribution in [3.05, 3.63) is 30.1 Å². The van der Waals surface area contributed by atoms with Crippen molar-refractivity contribution < 1.29 is 17.6 Å². The topological polar surface area (TPSA) is 105 Å². The maximum atomic E-state index is 13.7. The third-order valence-corrected chi connectivity index (χ3v) is 6.14. The largest absolute Gasteiger partial charge is 0.352 e. The number of amides is 1. The molecule has 3 rings (SSSR count). The van der Waals surface area contributed by atoms with E-state index in [1.807, 2.05) is 0 Å². The molecular formula is C14H15FN4O3S2. The van der Waals surface area contributed by atoms with E-state index >= 15 is 0 Å². The molecule has 128 valence electrons. The second-order valence-corrected chi connectivity index (χ2v) is 8.57. The van der Waals surface area contributed by atoms with Crippen LogP contribution in [-0.2, 0) is 14.6 Å². The Morgan fingerprint density at radius 2 is 2.21 bits per heavy atom. The SMILES string of the molecule is O=C(CSc1n[nH]c(-c2ccccc2F)n1)NC1CCS(=O)(=O)C1. The number of aromatic nitrogens is 3. The number of sulfone groups is 1. The van der Waals surface area contributed by atoms with E-state index in [-0.39, 0.29) is 35.0 Å². The van der Waals surface area contributed by atoms with Gasteiger partial charge in [0.2, 0.25) is 11.1 Å². The van der Waals surface area contributed by atoms with Crippen molar-refractivity contribution in [2.24, 2.45) is 0 Å². The minimum atomic E-state index is -3.03. The maximum absolute atomic E-state index is 13.7. The van der Waals surface area contributed by atoms with Crippen molar-refractivity contribution in [2.75, 3.05) is 17.3 Å². The van der Waals surface area contributed by atoms with Crippen LogP contribution in [0.1, 0.15) is 6.42 Å². The molecule has 1 fully saturated rings. The van der Waals surface area contributed by atoms with Gasteiger partial charge in [-0.1, -0.05) is 23.9 Å². The van der Waals surface area contributed by atoms with Gasteiger partial charge in [-0.15, -0.1) is 5.10 Å². The van der Waals surface area contributed by atoms with Crippen LogP contribution in [0.3, 0.4) is 0 Å². The van der Waals surface area contributed by atoms with Gasteiger partial charge in [-0.25, -0.2) is 17.8 Å². The fourth-order valence-corrected chi connectivity index (χ4v) is 4.68. The lowest BCUT2D eigenvalue weighted by atomic mass is 10.2. The number of H-pyrrole nitrogens is 1. The highest BCUT2D eigenvalue weighted by molar-refractivity contribution is 7.99. The van der Waals surface area contributed by atoms with Gasteiger partial charge in [0, 0.05) is 6.04 Å². The molecular weight excluding hydrogens is 355 g/mol.